The van der Waals surface area contributed by atoms with Crippen LogP contribution in [-0.2, 0) is 19.5 Å². The van der Waals surface area contributed by atoms with Crippen molar-refractivity contribution in [3.63, 3.8) is 0 Å². The van der Waals surface area contributed by atoms with Crippen LogP contribution >= 0.6 is 0 Å². The first kappa shape index (κ1) is 15.6. The fourth-order valence-electron chi connectivity index (χ4n) is 2.72. The number of H-pyrrole nitrogens is 1. The molecule has 0 unspecified atom stereocenters. The molecule has 0 fully saturated rings. The SMILES string of the molecule is COc1ccc2[nH]c(CNCc3ccc(CCN)cc3)cc2c1. The number of methoxy groups -OCH3 is 1. The van der Waals surface area contributed by atoms with Gasteiger partial charge in [0.15, 0.2) is 0 Å². The fraction of sp³-hybridized carbons (Fsp3) is 0.263. The molecule has 2 aromatic carbocycles. The number of nitrogens with two attached hydrogens (primary N) is 1. The van der Waals surface area contributed by atoms with Crippen molar-refractivity contribution in [1.82, 2.24) is 10.3 Å². The summed E-state index contributed by atoms with van der Waals surface area (Å²) in [5, 5.41) is 4.65. The largest absolute Gasteiger partial charge is 0.497 e. The maximum atomic E-state index is 5.57. The number of benzene rings is 2. The van der Waals surface area contributed by atoms with Crippen molar-refractivity contribution in [1.29, 1.82) is 0 Å². The van der Waals surface area contributed by atoms with Gasteiger partial charge in [0.2, 0.25) is 0 Å². The van der Waals surface area contributed by atoms with Gasteiger partial charge in [-0.2, -0.15) is 0 Å². The Morgan fingerprint density at radius 3 is 2.52 bits per heavy atom. The molecule has 3 rings (SSSR count). The minimum absolute atomic E-state index is 0.697. The molecule has 0 aliphatic heterocycles. The summed E-state index contributed by atoms with van der Waals surface area (Å²) >= 11 is 0. The van der Waals surface area contributed by atoms with Crippen LogP contribution in [0.3, 0.4) is 0 Å². The molecule has 0 aliphatic rings. The van der Waals surface area contributed by atoms with Gasteiger partial charge in [0.1, 0.15) is 5.75 Å². The first-order valence-corrected chi connectivity index (χ1v) is 7.93. The Labute approximate surface area is 136 Å². The second kappa shape index (κ2) is 7.31. The Morgan fingerprint density at radius 2 is 1.78 bits per heavy atom. The van der Waals surface area contributed by atoms with Gasteiger partial charge in [-0.05, 0) is 48.4 Å². The molecule has 0 spiro atoms. The van der Waals surface area contributed by atoms with Crippen LogP contribution in [0.5, 0.6) is 5.75 Å². The summed E-state index contributed by atoms with van der Waals surface area (Å²) in [5.74, 6) is 0.883. The molecule has 4 heteroatoms. The number of rotatable bonds is 7. The molecule has 120 valence electrons. The van der Waals surface area contributed by atoms with Gasteiger partial charge in [0.25, 0.3) is 0 Å². The molecular weight excluding hydrogens is 286 g/mol. The molecule has 4 nitrogen and oxygen atoms in total. The van der Waals surface area contributed by atoms with Crippen molar-refractivity contribution in [2.75, 3.05) is 13.7 Å². The van der Waals surface area contributed by atoms with E-state index in [1.54, 1.807) is 7.11 Å². The summed E-state index contributed by atoms with van der Waals surface area (Å²) in [7, 11) is 1.69. The number of hydrogen-bond acceptors (Lipinski definition) is 3. The van der Waals surface area contributed by atoms with Gasteiger partial charge in [-0.3, -0.25) is 0 Å². The summed E-state index contributed by atoms with van der Waals surface area (Å²) in [5.41, 5.74) is 10.5. The van der Waals surface area contributed by atoms with Crippen LogP contribution in [0, 0.1) is 0 Å². The Morgan fingerprint density at radius 1 is 1.00 bits per heavy atom. The summed E-state index contributed by atoms with van der Waals surface area (Å²) in [6.07, 6.45) is 0.937. The van der Waals surface area contributed by atoms with Crippen molar-refractivity contribution in [2.24, 2.45) is 5.73 Å². The first-order chi connectivity index (χ1) is 11.3. The predicted octanol–water partition coefficient (Wildman–Crippen LogP) is 2.97. The Balaban J connectivity index is 1.57. The molecule has 0 aliphatic carbocycles. The molecule has 1 aromatic heterocycles. The zero-order valence-electron chi connectivity index (χ0n) is 13.4. The van der Waals surface area contributed by atoms with Crippen LogP contribution < -0.4 is 15.8 Å². The van der Waals surface area contributed by atoms with Crippen molar-refractivity contribution < 1.29 is 4.74 Å². The third-order valence-electron chi connectivity index (χ3n) is 3.98. The molecule has 4 N–H and O–H groups in total. The highest BCUT2D eigenvalue weighted by Gasteiger charge is 2.02. The molecule has 0 radical (unpaired) electrons. The third-order valence-corrected chi connectivity index (χ3v) is 3.98. The van der Waals surface area contributed by atoms with Crippen LogP contribution in [0.1, 0.15) is 16.8 Å². The van der Waals surface area contributed by atoms with Gasteiger partial charge < -0.3 is 20.8 Å². The normalized spacial score (nSPS) is 11.0. The number of aromatic nitrogens is 1. The molecule has 23 heavy (non-hydrogen) atoms. The van der Waals surface area contributed by atoms with E-state index in [4.69, 9.17) is 10.5 Å². The average molecular weight is 309 g/mol. The molecule has 0 bridgehead atoms. The zero-order valence-corrected chi connectivity index (χ0v) is 13.4. The van der Waals surface area contributed by atoms with Gasteiger partial charge >= 0.3 is 0 Å². The predicted molar refractivity (Wildman–Crippen MR) is 94.6 cm³/mol. The molecule has 0 amide bonds. The summed E-state index contributed by atoms with van der Waals surface area (Å²) in [4.78, 5) is 3.43. The van der Waals surface area contributed by atoms with Gasteiger partial charge in [0, 0.05) is 29.7 Å². The highest BCUT2D eigenvalue weighted by atomic mass is 16.5. The average Bonchev–Trinajstić information content (AvgIpc) is 2.98. The molecular formula is C19H23N3O. The Kier molecular flexibility index (Phi) is 4.95. The molecule has 3 aromatic rings. The van der Waals surface area contributed by atoms with E-state index >= 15 is 0 Å². The number of fused-ring (bicyclic) bond motifs is 1. The van der Waals surface area contributed by atoms with Gasteiger partial charge in [-0.25, -0.2) is 0 Å². The van der Waals surface area contributed by atoms with Gasteiger partial charge in [0.05, 0.1) is 7.11 Å². The molecule has 1 heterocycles. The van der Waals surface area contributed by atoms with E-state index in [0.29, 0.717) is 6.54 Å². The fourth-order valence-corrected chi connectivity index (χ4v) is 2.72. The van der Waals surface area contributed by atoms with Crippen LogP contribution in [-0.4, -0.2) is 18.6 Å². The van der Waals surface area contributed by atoms with Crippen molar-refractivity contribution in [3.8, 4) is 5.75 Å². The van der Waals surface area contributed by atoms with Crippen LogP contribution in [0.4, 0.5) is 0 Å². The lowest BCUT2D eigenvalue weighted by Gasteiger charge is -2.05. The van der Waals surface area contributed by atoms with E-state index < -0.39 is 0 Å². The lowest BCUT2D eigenvalue weighted by atomic mass is 10.1. The highest BCUT2D eigenvalue weighted by Crippen LogP contribution is 2.21. The molecule has 0 atom stereocenters. The van der Waals surface area contributed by atoms with Crippen molar-refractivity contribution >= 4 is 10.9 Å². The summed E-state index contributed by atoms with van der Waals surface area (Å²) in [6.45, 7) is 2.35. The second-order valence-corrected chi connectivity index (χ2v) is 5.71. The molecule has 0 saturated heterocycles. The first-order valence-electron chi connectivity index (χ1n) is 7.93. The number of ether oxygens (including phenoxy) is 1. The summed E-state index contributed by atoms with van der Waals surface area (Å²) < 4.78 is 5.26. The standard InChI is InChI=1S/C19H23N3O/c1-23-18-6-7-19-16(11-18)10-17(22-19)13-21-12-15-4-2-14(3-5-15)8-9-20/h2-7,10-11,21-22H,8-9,12-13,20H2,1H3. The maximum Gasteiger partial charge on any atom is 0.119 e. The lowest BCUT2D eigenvalue weighted by Crippen LogP contribution is -2.13. The minimum atomic E-state index is 0.697. The van der Waals surface area contributed by atoms with Gasteiger partial charge in [-0.1, -0.05) is 24.3 Å². The van der Waals surface area contributed by atoms with E-state index in [1.807, 2.05) is 18.2 Å². The quantitative estimate of drug-likeness (QED) is 0.629. The molecule has 0 saturated carbocycles. The van der Waals surface area contributed by atoms with E-state index in [9.17, 15) is 0 Å². The van der Waals surface area contributed by atoms with Crippen LogP contribution in [0.25, 0.3) is 10.9 Å². The van der Waals surface area contributed by atoms with Crippen LogP contribution in [0.15, 0.2) is 48.5 Å². The number of hydrogen-bond donors (Lipinski definition) is 3. The third kappa shape index (κ3) is 3.92. The monoisotopic (exact) mass is 309 g/mol. The zero-order chi connectivity index (χ0) is 16.1. The topological polar surface area (TPSA) is 63.1 Å². The van der Waals surface area contributed by atoms with E-state index in [1.165, 1.54) is 22.2 Å². The second-order valence-electron chi connectivity index (χ2n) is 5.71. The van der Waals surface area contributed by atoms with Gasteiger partial charge in [-0.15, -0.1) is 0 Å². The highest BCUT2D eigenvalue weighted by molar-refractivity contribution is 5.81. The Bertz CT molecular complexity index is 762. The number of nitrogens with one attached hydrogen (secondary N) is 2. The minimum Gasteiger partial charge on any atom is -0.497 e. The smallest absolute Gasteiger partial charge is 0.119 e. The van der Waals surface area contributed by atoms with Crippen molar-refractivity contribution in [2.45, 2.75) is 19.5 Å². The van der Waals surface area contributed by atoms with Crippen molar-refractivity contribution in [3.05, 3.63) is 65.4 Å². The number of aromatic amines is 1. The Hall–Kier alpha value is -2.30. The summed E-state index contributed by atoms with van der Waals surface area (Å²) in [6, 6.07) is 16.9. The van der Waals surface area contributed by atoms with E-state index in [-0.39, 0.29) is 0 Å². The van der Waals surface area contributed by atoms with E-state index in [2.05, 4.69) is 40.6 Å². The van der Waals surface area contributed by atoms with Crippen LogP contribution in [0.2, 0.25) is 0 Å². The maximum absolute atomic E-state index is 5.57. The lowest BCUT2D eigenvalue weighted by molar-refractivity contribution is 0.415. The van der Waals surface area contributed by atoms with E-state index in [0.717, 1.165) is 30.8 Å².